The number of aromatic nitrogens is 3. The molecule has 0 aliphatic heterocycles. The summed E-state index contributed by atoms with van der Waals surface area (Å²) in [5, 5.41) is 5.68. The summed E-state index contributed by atoms with van der Waals surface area (Å²) in [4.78, 5) is 12.2. The molecule has 0 spiro atoms. The van der Waals surface area contributed by atoms with Crippen LogP contribution >= 0.6 is 11.6 Å². The molecule has 134 valence electrons. The van der Waals surface area contributed by atoms with Crippen LogP contribution in [0.15, 0.2) is 55.0 Å². The van der Waals surface area contributed by atoms with Crippen LogP contribution in [0.3, 0.4) is 0 Å². The first-order valence-electron chi connectivity index (χ1n) is 7.51. The van der Waals surface area contributed by atoms with Gasteiger partial charge in [0.05, 0.1) is 11.3 Å². The van der Waals surface area contributed by atoms with Crippen LogP contribution in [0.4, 0.5) is 30.6 Å². The Kier molecular flexibility index (Phi) is 5.22. The number of anilines is 3. The van der Waals surface area contributed by atoms with Crippen LogP contribution in [0.2, 0.25) is 5.02 Å². The van der Waals surface area contributed by atoms with E-state index in [9.17, 15) is 13.2 Å². The zero-order chi connectivity index (χ0) is 18.6. The average Bonchev–Trinajstić information content (AvgIpc) is 2.62. The van der Waals surface area contributed by atoms with Gasteiger partial charge in [-0.3, -0.25) is 4.98 Å². The lowest BCUT2D eigenvalue weighted by Crippen LogP contribution is -2.10. The van der Waals surface area contributed by atoms with Crippen molar-refractivity contribution in [2.24, 2.45) is 0 Å². The first-order valence-corrected chi connectivity index (χ1v) is 7.89. The van der Waals surface area contributed by atoms with E-state index in [1.807, 2.05) is 12.1 Å². The minimum Gasteiger partial charge on any atom is -0.350 e. The van der Waals surface area contributed by atoms with Crippen molar-refractivity contribution in [1.29, 1.82) is 0 Å². The van der Waals surface area contributed by atoms with Crippen LogP contribution in [0.25, 0.3) is 0 Å². The van der Waals surface area contributed by atoms with Crippen LogP contribution in [0, 0.1) is 0 Å². The number of nitrogens with zero attached hydrogens (tertiary/aromatic N) is 3. The predicted molar refractivity (Wildman–Crippen MR) is 93.3 cm³/mol. The maximum absolute atomic E-state index is 13.2. The molecule has 3 aromatic rings. The molecule has 3 rings (SSSR count). The lowest BCUT2D eigenvalue weighted by molar-refractivity contribution is -0.136. The van der Waals surface area contributed by atoms with Crippen molar-refractivity contribution in [3.63, 3.8) is 0 Å². The third-order valence-electron chi connectivity index (χ3n) is 3.41. The first kappa shape index (κ1) is 17.9. The van der Waals surface area contributed by atoms with E-state index in [4.69, 9.17) is 11.6 Å². The summed E-state index contributed by atoms with van der Waals surface area (Å²) in [6.45, 7) is 0.459. The number of halogens is 4. The average molecular weight is 380 g/mol. The van der Waals surface area contributed by atoms with Gasteiger partial charge in [-0.25, -0.2) is 4.98 Å². The Morgan fingerprint density at radius 2 is 1.77 bits per heavy atom. The van der Waals surface area contributed by atoms with Gasteiger partial charge in [-0.05, 0) is 42.0 Å². The van der Waals surface area contributed by atoms with E-state index in [0.717, 1.165) is 11.6 Å². The van der Waals surface area contributed by atoms with Crippen molar-refractivity contribution in [2.75, 3.05) is 10.6 Å². The third kappa shape index (κ3) is 4.60. The highest BCUT2D eigenvalue weighted by atomic mass is 35.5. The lowest BCUT2D eigenvalue weighted by atomic mass is 10.1. The Balaban J connectivity index is 1.77. The van der Waals surface area contributed by atoms with Gasteiger partial charge >= 0.3 is 6.18 Å². The summed E-state index contributed by atoms with van der Waals surface area (Å²) in [7, 11) is 0. The van der Waals surface area contributed by atoms with Gasteiger partial charge in [0.2, 0.25) is 5.95 Å². The number of alkyl halides is 3. The van der Waals surface area contributed by atoms with E-state index in [2.05, 4.69) is 25.6 Å². The Hall–Kier alpha value is -2.87. The molecule has 9 heteroatoms. The highest BCUT2D eigenvalue weighted by Gasteiger charge is 2.33. The molecule has 1 aromatic carbocycles. The third-order valence-corrected chi connectivity index (χ3v) is 3.64. The van der Waals surface area contributed by atoms with Crippen molar-refractivity contribution in [3.8, 4) is 0 Å². The van der Waals surface area contributed by atoms with Crippen LogP contribution in [-0.4, -0.2) is 15.0 Å². The van der Waals surface area contributed by atoms with Crippen LogP contribution in [-0.2, 0) is 12.7 Å². The van der Waals surface area contributed by atoms with Crippen LogP contribution in [0.5, 0.6) is 0 Å². The number of pyridine rings is 1. The predicted octanol–water partition coefficient (Wildman–Crippen LogP) is 4.90. The van der Waals surface area contributed by atoms with Gasteiger partial charge in [-0.2, -0.15) is 18.2 Å². The monoisotopic (exact) mass is 379 g/mol. The summed E-state index contributed by atoms with van der Waals surface area (Å²) in [6.07, 6.45) is 0.236. The number of nitrogens with one attached hydrogen (secondary N) is 2. The first-order chi connectivity index (χ1) is 12.4. The Morgan fingerprint density at radius 3 is 2.50 bits per heavy atom. The van der Waals surface area contributed by atoms with Gasteiger partial charge in [-0.15, -0.1) is 0 Å². The van der Waals surface area contributed by atoms with Crippen molar-refractivity contribution in [1.82, 2.24) is 15.0 Å². The standard InChI is InChI=1S/C17H13ClF3N5/c18-12-1-2-14(13(9-12)17(19,20)21)25-15-5-8-23-16(26-15)24-10-11-3-6-22-7-4-11/h1-9H,10H2,(H2,23,24,25,26). The van der Waals surface area contributed by atoms with Crippen molar-refractivity contribution < 1.29 is 13.2 Å². The molecule has 5 nitrogen and oxygen atoms in total. The van der Waals surface area contributed by atoms with Gasteiger partial charge in [0, 0.05) is 30.2 Å². The molecule has 0 aliphatic carbocycles. The highest BCUT2D eigenvalue weighted by Crippen LogP contribution is 2.37. The second kappa shape index (κ2) is 7.57. The van der Waals surface area contributed by atoms with Crippen LogP contribution in [0.1, 0.15) is 11.1 Å². The summed E-state index contributed by atoms with van der Waals surface area (Å²) < 4.78 is 39.5. The maximum Gasteiger partial charge on any atom is 0.418 e. The fourth-order valence-electron chi connectivity index (χ4n) is 2.19. The quantitative estimate of drug-likeness (QED) is 0.660. The lowest BCUT2D eigenvalue weighted by Gasteiger charge is -2.15. The largest absolute Gasteiger partial charge is 0.418 e. The second-order valence-electron chi connectivity index (χ2n) is 5.29. The molecule has 2 heterocycles. The van der Waals surface area contributed by atoms with E-state index >= 15 is 0 Å². The van der Waals surface area contributed by atoms with Crippen molar-refractivity contribution in [3.05, 3.63) is 71.1 Å². The smallest absolute Gasteiger partial charge is 0.350 e. The van der Waals surface area contributed by atoms with E-state index < -0.39 is 11.7 Å². The number of rotatable bonds is 5. The fraction of sp³-hybridized carbons (Fsp3) is 0.118. The Labute approximate surface area is 152 Å². The zero-order valence-corrected chi connectivity index (χ0v) is 14.0. The number of hydrogen-bond acceptors (Lipinski definition) is 5. The molecular formula is C17H13ClF3N5. The Bertz CT molecular complexity index is 887. The van der Waals surface area contributed by atoms with E-state index in [-0.39, 0.29) is 22.5 Å². The topological polar surface area (TPSA) is 62.7 Å². The summed E-state index contributed by atoms with van der Waals surface area (Å²) >= 11 is 5.68. The molecule has 0 unspecified atom stereocenters. The molecule has 26 heavy (non-hydrogen) atoms. The molecule has 0 atom stereocenters. The van der Waals surface area contributed by atoms with E-state index in [1.54, 1.807) is 12.4 Å². The molecular weight excluding hydrogens is 367 g/mol. The summed E-state index contributed by atoms with van der Waals surface area (Å²) in [5.41, 5.74) is -0.0328. The zero-order valence-electron chi connectivity index (χ0n) is 13.3. The molecule has 0 fully saturated rings. The fourth-order valence-corrected chi connectivity index (χ4v) is 2.37. The number of benzene rings is 1. The summed E-state index contributed by atoms with van der Waals surface area (Å²) in [5.74, 6) is 0.513. The SMILES string of the molecule is FC(F)(F)c1cc(Cl)ccc1Nc1ccnc(NCc2ccncc2)n1. The van der Waals surface area contributed by atoms with Gasteiger partial charge < -0.3 is 10.6 Å². The minimum absolute atomic E-state index is 0.00488. The molecule has 0 saturated carbocycles. The van der Waals surface area contributed by atoms with E-state index in [1.165, 1.54) is 24.4 Å². The maximum atomic E-state index is 13.2. The Morgan fingerprint density at radius 1 is 1.00 bits per heavy atom. The van der Waals surface area contributed by atoms with Gasteiger partial charge in [-0.1, -0.05) is 11.6 Å². The minimum atomic E-state index is -4.54. The van der Waals surface area contributed by atoms with Crippen molar-refractivity contribution in [2.45, 2.75) is 12.7 Å². The number of hydrogen-bond donors (Lipinski definition) is 2. The van der Waals surface area contributed by atoms with Crippen molar-refractivity contribution >= 4 is 29.1 Å². The van der Waals surface area contributed by atoms with Gasteiger partial charge in [0.15, 0.2) is 0 Å². The molecule has 0 saturated heterocycles. The normalized spacial score (nSPS) is 11.2. The van der Waals surface area contributed by atoms with Crippen LogP contribution < -0.4 is 10.6 Å². The van der Waals surface area contributed by atoms with Gasteiger partial charge in [0.1, 0.15) is 5.82 Å². The molecule has 2 N–H and O–H groups in total. The molecule has 0 radical (unpaired) electrons. The molecule has 0 bridgehead atoms. The van der Waals surface area contributed by atoms with Gasteiger partial charge in [0.25, 0.3) is 0 Å². The molecule has 2 aromatic heterocycles. The highest BCUT2D eigenvalue weighted by molar-refractivity contribution is 6.30. The molecule has 0 aliphatic rings. The van der Waals surface area contributed by atoms with E-state index in [0.29, 0.717) is 6.54 Å². The summed E-state index contributed by atoms with van der Waals surface area (Å²) in [6, 6.07) is 8.65. The second-order valence-corrected chi connectivity index (χ2v) is 5.72. The molecule has 0 amide bonds.